The maximum Gasteiger partial charge on any atom is 0.158 e. The Morgan fingerprint density at radius 2 is 1.95 bits per heavy atom. The molecule has 0 aromatic heterocycles. The first-order chi connectivity index (χ1) is 9.58. The van der Waals surface area contributed by atoms with Gasteiger partial charge in [-0.15, -0.1) is 0 Å². The predicted octanol–water partition coefficient (Wildman–Crippen LogP) is 2.70. The fourth-order valence-corrected chi connectivity index (χ4v) is 2.59. The number of halogens is 1. The van der Waals surface area contributed by atoms with Crippen LogP contribution in [0.25, 0.3) is 0 Å². The molecule has 0 aliphatic rings. The molecule has 0 heterocycles. The molecular formula is C15H24FNO3S. The van der Waals surface area contributed by atoms with Crippen LogP contribution in [0.5, 0.6) is 5.75 Å². The molecular weight excluding hydrogens is 293 g/mol. The zero-order valence-electron chi connectivity index (χ0n) is 13.2. The van der Waals surface area contributed by atoms with Crippen LogP contribution in [0.4, 0.5) is 4.39 Å². The highest BCUT2D eigenvalue weighted by atomic mass is 32.2. The van der Waals surface area contributed by atoms with Crippen LogP contribution in [0.15, 0.2) is 18.2 Å². The third-order valence-electron chi connectivity index (χ3n) is 3.43. The van der Waals surface area contributed by atoms with Gasteiger partial charge in [0.15, 0.2) is 9.84 Å². The van der Waals surface area contributed by atoms with Gasteiger partial charge in [-0.25, -0.2) is 12.8 Å². The number of hydrogen-bond donors (Lipinski definition) is 1. The molecule has 0 saturated carbocycles. The lowest BCUT2D eigenvalue weighted by atomic mass is 10.1. The Hall–Kier alpha value is -1.14. The van der Waals surface area contributed by atoms with Gasteiger partial charge in [0.2, 0.25) is 0 Å². The van der Waals surface area contributed by atoms with Gasteiger partial charge >= 0.3 is 0 Å². The van der Waals surface area contributed by atoms with E-state index < -0.39 is 14.6 Å². The van der Waals surface area contributed by atoms with Gasteiger partial charge < -0.3 is 10.1 Å². The van der Waals surface area contributed by atoms with Crippen LogP contribution < -0.4 is 10.1 Å². The van der Waals surface area contributed by atoms with E-state index in [9.17, 15) is 12.8 Å². The van der Waals surface area contributed by atoms with Crippen molar-refractivity contribution in [3.63, 3.8) is 0 Å². The highest BCUT2D eigenvalue weighted by Gasteiger charge is 2.28. The van der Waals surface area contributed by atoms with Crippen LogP contribution in [0.1, 0.15) is 39.3 Å². The number of benzene rings is 1. The van der Waals surface area contributed by atoms with E-state index in [1.165, 1.54) is 6.07 Å². The summed E-state index contributed by atoms with van der Waals surface area (Å²) in [6.45, 7) is 6.82. The molecule has 4 nitrogen and oxygen atoms in total. The first-order valence-corrected chi connectivity index (χ1v) is 8.55. The third-order valence-corrected chi connectivity index (χ3v) is 6.00. The summed E-state index contributed by atoms with van der Waals surface area (Å²) in [5, 5.41) is 2.96. The molecule has 0 saturated heterocycles. The molecule has 1 N–H and O–H groups in total. The average molecular weight is 317 g/mol. The van der Waals surface area contributed by atoms with E-state index in [1.54, 1.807) is 40.0 Å². The lowest BCUT2D eigenvalue weighted by molar-refractivity contribution is 0.337. The number of nitrogens with one attached hydrogen (secondary N) is 1. The molecule has 120 valence electrons. The Morgan fingerprint density at radius 1 is 1.33 bits per heavy atom. The lowest BCUT2D eigenvalue weighted by Gasteiger charge is -2.19. The largest absolute Gasteiger partial charge is 0.492 e. The summed E-state index contributed by atoms with van der Waals surface area (Å²) in [5.74, 6) is -0.121. The molecule has 0 radical (unpaired) electrons. The van der Waals surface area contributed by atoms with Gasteiger partial charge in [-0.05, 0) is 40.8 Å². The van der Waals surface area contributed by atoms with Crippen molar-refractivity contribution in [1.82, 2.24) is 5.32 Å². The van der Waals surface area contributed by atoms with Crippen LogP contribution in [-0.4, -0.2) is 32.6 Å². The van der Waals surface area contributed by atoms with Crippen molar-refractivity contribution in [2.75, 3.05) is 19.4 Å². The molecule has 0 amide bonds. The molecule has 1 aromatic rings. The van der Waals surface area contributed by atoms with E-state index in [4.69, 9.17) is 4.74 Å². The number of rotatable bonds is 6. The van der Waals surface area contributed by atoms with Gasteiger partial charge in [-0.3, -0.25) is 0 Å². The summed E-state index contributed by atoms with van der Waals surface area (Å²) in [5.41, 5.74) is 0.548. The van der Waals surface area contributed by atoms with Gasteiger partial charge in [-0.1, -0.05) is 6.07 Å². The summed E-state index contributed by atoms with van der Waals surface area (Å²) in [7, 11) is -1.48. The van der Waals surface area contributed by atoms with E-state index in [0.717, 1.165) is 0 Å². The smallest absolute Gasteiger partial charge is 0.158 e. The molecule has 21 heavy (non-hydrogen) atoms. The summed E-state index contributed by atoms with van der Waals surface area (Å²) in [6.07, 6.45) is 0. The molecule has 1 unspecified atom stereocenters. The van der Waals surface area contributed by atoms with E-state index in [2.05, 4.69) is 5.32 Å². The zero-order chi connectivity index (χ0) is 16.3. The van der Waals surface area contributed by atoms with Crippen LogP contribution >= 0.6 is 0 Å². The maximum atomic E-state index is 13.9. The fourth-order valence-electron chi connectivity index (χ4n) is 1.68. The average Bonchev–Trinajstić information content (AvgIpc) is 2.36. The van der Waals surface area contributed by atoms with E-state index in [1.807, 2.05) is 6.92 Å². The summed E-state index contributed by atoms with van der Waals surface area (Å²) < 4.78 is 42.3. The van der Waals surface area contributed by atoms with Crippen molar-refractivity contribution in [2.24, 2.45) is 0 Å². The molecule has 1 atom stereocenters. The second-order valence-electron chi connectivity index (χ2n) is 5.97. The Bertz CT molecular complexity index is 579. The van der Waals surface area contributed by atoms with E-state index >= 15 is 0 Å². The molecule has 0 aliphatic carbocycles. The molecule has 1 rings (SSSR count). The summed E-state index contributed by atoms with van der Waals surface area (Å²) in [6, 6.07) is 4.48. The van der Waals surface area contributed by atoms with Crippen molar-refractivity contribution in [1.29, 1.82) is 0 Å². The van der Waals surface area contributed by atoms with Crippen LogP contribution in [-0.2, 0) is 9.84 Å². The van der Waals surface area contributed by atoms with Crippen LogP contribution in [0, 0.1) is 5.82 Å². The van der Waals surface area contributed by atoms with Gasteiger partial charge in [0, 0.05) is 17.7 Å². The molecule has 0 bridgehead atoms. The van der Waals surface area contributed by atoms with Crippen LogP contribution in [0.3, 0.4) is 0 Å². The predicted molar refractivity (Wildman–Crippen MR) is 82.9 cm³/mol. The highest BCUT2D eigenvalue weighted by molar-refractivity contribution is 7.92. The first kappa shape index (κ1) is 17.9. The maximum absolute atomic E-state index is 13.9. The van der Waals surface area contributed by atoms with Crippen LogP contribution in [0.2, 0.25) is 0 Å². The summed E-state index contributed by atoms with van der Waals surface area (Å²) >= 11 is 0. The van der Waals surface area contributed by atoms with E-state index in [-0.39, 0.29) is 24.2 Å². The SMILES string of the molecule is CNC(C)c1ccc(OCCS(=O)(=O)C(C)(C)C)cc1F. The first-order valence-electron chi connectivity index (χ1n) is 6.90. The minimum Gasteiger partial charge on any atom is -0.492 e. The van der Waals surface area contributed by atoms with Crippen molar-refractivity contribution >= 4 is 9.84 Å². The van der Waals surface area contributed by atoms with Crippen molar-refractivity contribution in [2.45, 2.75) is 38.5 Å². The normalized spacial score (nSPS) is 14.0. The van der Waals surface area contributed by atoms with Gasteiger partial charge in [0.1, 0.15) is 18.2 Å². The highest BCUT2D eigenvalue weighted by Crippen LogP contribution is 2.22. The Labute approximate surface area is 126 Å². The Morgan fingerprint density at radius 3 is 2.43 bits per heavy atom. The van der Waals surface area contributed by atoms with Crippen molar-refractivity contribution in [3.05, 3.63) is 29.6 Å². The monoisotopic (exact) mass is 317 g/mol. The number of ether oxygens (including phenoxy) is 1. The molecule has 1 aromatic carbocycles. The zero-order valence-corrected chi connectivity index (χ0v) is 14.1. The molecule has 6 heteroatoms. The number of sulfone groups is 1. The second-order valence-corrected chi connectivity index (χ2v) is 8.84. The minimum atomic E-state index is -3.23. The fraction of sp³-hybridized carbons (Fsp3) is 0.600. The molecule has 0 fully saturated rings. The quantitative estimate of drug-likeness (QED) is 0.876. The Balaban J connectivity index is 2.68. The van der Waals surface area contributed by atoms with Gasteiger partial charge in [-0.2, -0.15) is 0 Å². The van der Waals surface area contributed by atoms with Crippen molar-refractivity contribution < 1.29 is 17.5 Å². The molecule has 0 aliphatic heterocycles. The second kappa shape index (κ2) is 6.75. The minimum absolute atomic E-state index is 0.0139. The van der Waals surface area contributed by atoms with Gasteiger partial charge in [0.25, 0.3) is 0 Å². The topological polar surface area (TPSA) is 55.4 Å². The lowest BCUT2D eigenvalue weighted by Crippen LogP contribution is -2.32. The van der Waals surface area contributed by atoms with E-state index in [0.29, 0.717) is 11.3 Å². The standard InChI is InChI=1S/C15H24FNO3S/c1-11(17-5)13-7-6-12(10-14(13)16)20-8-9-21(18,19)15(2,3)4/h6-7,10-11,17H,8-9H2,1-5H3. The molecule has 0 spiro atoms. The third kappa shape index (κ3) is 4.68. The van der Waals surface area contributed by atoms with Crippen molar-refractivity contribution in [3.8, 4) is 5.75 Å². The summed E-state index contributed by atoms with van der Waals surface area (Å²) in [4.78, 5) is 0. The van der Waals surface area contributed by atoms with Gasteiger partial charge in [0.05, 0.1) is 10.5 Å². The Kier molecular flexibility index (Phi) is 5.75. The number of hydrogen-bond acceptors (Lipinski definition) is 4.